The molecule has 0 aromatic heterocycles. The minimum atomic E-state index is -0.799. The zero-order valence-corrected chi connectivity index (χ0v) is 16.6. The number of rotatable bonds is 6. The number of nitrogens with zero attached hydrogens (tertiary/aromatic N) is 1. The van der Waals surface area contributed by atoms with Crippen molar-refractivity contribution in [1.29, 1.82) is 0 Å². The van der Waals surface area contributed by atoms with Gasteiger partial charge in [-0.3, -0.25) is 4.79 Å². The van der Waals surface area contributed by atoms with E-state index in [0.717, 1.165) is 5.56 Å². The van der Waals surface area contributed by atoms with E-state index in [0.29, 0.717) is 23.8 Å². The fraction of sp³-hybridized carbons (Fsp3) is 0.409. The highest BCUT2D eigenvalue weighted by Gasteiger charge is 2.56. The van der Waals surface area contributed by atoms with Crippen molar-refractivity contribution >= 4 is 11.6 Å². The quantitative estimate of drug-likeness (QED) is 0.753. The molecule has 29 heavy (non-hydrogen) atoms. The van der Waals surface area contributed by atoms with Gasteiger partial charge in [-0.05, 0) is 19.1 Å². The maximum absolute atomic E-state index is 12.9. The standard InChI is InChI=1S/C22H25NO6/c1-13(24)19-20(18-12-28-22(29-18)14-7-5-4-6-8-14)23(21(19)25)16-10-9-15(26-2)11-17(16)27-3/h4-11,13,18-20,22,24H,12H2,1-3H3/t13-,18-,19-,20-,22+/m1/s1. The Morgan fingerprint density at radius 1 is 1.14 bits per heavy atom. The summed E-state index contributed by atoms with van der Waals surface area (Å²) in [7, 11) is 3.12. The molecule has 1 N–H and O–H groups in total. The molecular formula is C22H25NO6. The number of ether oxygens (including phenoxy) is 4. The molecule has 0 bridgehead atoms. The van der Waals surface area contributed by atoms with Crippen LogP contribution < -0.4 is 14.4 Å². The Morgan fingerprint density at radius 3 is 2.55 bits per heavy atom. The second kappa shape index (κ2) is 8.02. The van der Waals surface area contributed by atoms with Crippen molar-refractivity contribution in [2.45, 2.75) is 31.5 Å². The molecule has 4 rings (SSSR count). The van der Waals surface area contributed by atoms with Crippen molar-refractivity contribution in [2.75, 3.05) is 25.7 Å². The van der Waals surface area contributed by atoms with Crippen molar-refractivity contribution in [2.24, 2.45) is 5.92 Å². The van der Waals surface area contributed by atoms with E-state index >= 15 is 0 Å². The SMILES string of the molecule is COc1ccc(N2C(=O)[C@H]([C@@H](C)O)[C@H]2[C@H]2CO[C@H](c3ccccc3)O2)c(OC)c1. The van der Waals surface area contributed by atoms with E-state index in [4.69, 9.17) is 18.9 Å². The Hall–Kier alpha value is -2.61. The van der Waals surface area contributed by atoms with Crippen LogP contribution in [0.1, 0.15) is 18.8 Å². The summed E-state index contributed by atoms with van der Waals surface area (Å²) in [5, 5.41) is 10.2. The van der Waals surface area contributed by atoms with Crippen molar-refractivity contribution < 1.29 is 28.8 Å². The summed E-state index contributed by atoms with van der Waals surface area (Å²) in [6, 6.07) is 14.6. The van der Waals surface area contributed by atoms with Gasteiger partial charge in [0.2, 0.25) is 5.91 Å². The average Bonchev–Trinajstić information content (AvgIpc) is 3.21. The number of hydrogen-bond acceptors (Lipinski definition) is 6. The van der Waals surface area contributed by atoms with Gasteiger partial charge in [0.15, 0.2) is 6.29 Å². The Bertz CT molecular complexity index is 871. The molecule has 0 spiro atoms. The number of amides is 1. The maximum atomic E-state index is 12.9. The van der Waals surface area contributed by atoms with E-state index in [-0.39, 0.29) is 18.1 Å². The Balaban J connectivity index is 1.62. The van der Waals surface area contributed by atoms with Gasteiger partial charge < -0.3 is 29.0 Å². The number of aliphatic hydroxyl groups is 1. The molecule has 0 radical (unpaired) electrons. The van der Waals surface area contributed by atoms with Crippen molar-refractivity contribution in [3.63, 3.8) is 0 Å². The molecule has 2 aliphatic rings. The highest BCUT2D eigenvalue weighted by molar-refractivity contribution is 6.04. The lowest BCUT2D eigenvalue weighted by Gasteiger charge is -2.50. The molecule has 7 nitrogen and oxygen atoms in total. The van der Waals surface area contributed by atoms with E-state index < -0.39 is 18.3 Å². The van der Waals surface area contributed by atoms with Crippen LogP contribution in [-0.4, -0.2) is 50.1 Å². The van der Waals surface area contributed by atoms with E-state index in [1.54, 1.807) is 44.2 Å². The normalized spacial score (nSPS) is 27.4. The summed E-state index contributed by atoms with van der Waals surface area (Å²) in [4.78, 5) is 14.6. The topological polar surface area (TPSA) is 77.5 Å². The van der Waals surface area contributed by atoms with E-state index in [1.807, 2.05) is 30.3 Å². The van der Waals surface area contributed by atoms with E-state index in [2.05, 4.69) is 0 Å². The van der Waals surface area contributed by atoms with Gasteiger partial charge in [-0.25, -0.2) is 0 Å². The summed E-state index contributed by atoms with van der Waals surface area (Å²) in [5.41, 5.74) is 1.54. The van der Waals surface area contributed by atoms with Gasteiger partial charge in [0, 0.05) is 11.6 Å². The first-order valence-electron chi connectivity index (χ1n) is 9.60. The van der Waals surface area contributed by atoms with Gasteiger partial charge in [-0.15, -0.1) is 0 Å². The summed E-state index contributed by atoms with van der Waals surface area (Å²) < 4.78 is 22.7. The largest absolute Gasteiger partial charge is 0.497 e. The first kappa shape index (κ1) is 19.7. The van der Waals surface area contributed by atoms with Crippen molar-refractivity contribution in [3.05, 3.63) is 54.1 Å². The van der Waals surface area contributed by atoms with Crippen LogP contribution in [0.2, 0.25) is 0 Å². The molecule has 154 valence electrons. The number of carbonyl (C=O) groups is 1. The molecule has 2 aromatic rings. The molecule has 5 atom stereocenters. The first-order chi connectivity index (χ1) is 14.0. The van der Waals surface area contributed by atoms with Crippen LogP contribution in [0.25, 0.3) is 0 Å². The molecule has 7 heteroatoms. The third-order valence-electron chi connectivity index (χ3n) is 5.52. The van der Waals surface area contributed by atoms with E-state index in [1.165, 1.54) is 0 Å². The summed E-state index contributed by atoms with van der Waals surface area (Å²) in [5.74, 6) is 0.419. The monoisotopic (exact) mass is 399 g/mol. The van der Waals surface area contributed by atoms with Gasteiger partial charge in [0.05, 0.1) is 44.6 Å². The van der Waals surface area contributed by atoms with Crippen LogP contribution >= 0.6 is 0 Å². The van der Waals surface area contributed by atoms with Crippen LogP contribution in [0.5, 0.6) is 11.5 Å². The lowest BCUT2D eigenvalue weighted by atomic mass is 9.79. The minimum absolute atomic E-state index is 0.166. The number of anilines is 1. The Labute approximate surface area is 169 Å². The van der Waals surface area contributed by atoms with Crippen LogP contribution in [0.3, 0.4) is 0 Å². The third kappa shape index (κ3) is 3.46. The maximum Gasteiger partial charge on any atom is 0.235 e. The molecule has 2 aliphatic heterocycles. The number of hydrogen-bond donors (Lipinski definition) is 1. The molecule has 2 saturated heterocycles. The number of methoxy groups -OCH3 is 2. The Kier molecular flexibility index (Phi) is 5.45. The number of benzene rings is 2. The average molecular weight is 399 g/mol. The van der Waals surface area contributed by atoms with E-state index in [9.17, 15) is 9.90 Å². The fourth-order valence-corrected chi connectivity index (χ4v) is 4.07. The molecule has 0 unspecified atom stereocenters. The zero-order chi connectivity index (χ0) is 20.5. The first-order valence-corrected chi connectivity index (χ1v) is 9.60. The molecule has 2 heterocycles. The number of β-lactam (4-membered cyclic amide) rings is 1. The molecule has 2 aromatic carbocycles. The predicted molar refractivity (Wildman–Crippen MR) is 106 cm³/mol. The highest BCUT2D eigenvalue weighted by Crippen LogP contribution is 2.45. The minimum Gasteiger partial charge on any atom is -0.497 e. The lowest BCUT2D eigenvalue weighted by Crippen LogP contribution is -2.69. The summed E-state index contributed by atoms with van der Waals surface area (Å²) >= 11 is 0. The molecular weight excluding hydrogens is 374 g/mol. The fourth-order valence-electron chi connectivity index (χ4n) is 4.07. The van der Waals surface area contributed by atoms with Crippen LogP contribution in [0.15, 0.2) is 48.5 Å². The summed E-state index contributed by atoms with van der Waals surface area (Å²) in [6.07, 6.45) is -1.66. The molecule has 1 amide bonds. The molecule has 0 aliphatic carbocycles. The van der Waals surface area contributed by atoms with Crippen LogP contribution in [0, 0.1) is 5.92 Å². The predicted octanol–water partition coefficient (Wildman–Crippen LogP) is 2.53. The zero-order valence-electron chi connectivity index (χ0n) is 16.6. The van der Waals surface area contributed by atoms with Crippen molar-refractivity contribution in [3.8, 4) is 11.5 Å². The third-order valence-corrected chi connectivity index (χ3v) is 5.52. The van der Waals surface area contributed by atoms with Crippen LogP contribution in [-0.2, 0) is 14.3 Å². The van der Waals surface area contributed by atoms with Crippen molar-refractivity contribution in [1.82, 2.24) is 0 Å². The van der Waals surface area contributed by atoms with Gasteiger partial charge in [-0.1, -0.05) is 30.3 Å². The smallest absolute Gasteiger partial charge is 0.235 e. The highest BCUT2D eigenvalue weighted by atomic mass is 16.7. The number of carbonyl (C=O) groups excluding carboxylic acids is 1. The molecule has 0 saturated carbocycles. The van der Waals surface area contributed by atoms with Crippen LogP contribution in [0.4, 0.5) is 5.69 Å². The second-order valence-electron chi connectivity index (χ2n) is 7.25. The number of aliphatic hydroxyl groups excluding tert-OH is 1. The van der Waals surface area contributed by atoms with Gasteiger partial charge in [0.25, 0.3) is 0 Å². The Morgan fingerprint density at radius 2 is 1.90 bits per heavy atom. The summed E-state index contributed by atoms with van der Waals surface area (Å²) in [6.45, 7) is 1.96. The van der Waals surface area contributed by atoms with Gasteiger partial charge >= 0.3 is 0 Å². The van der Waals surface area contributed by atoms with Gasteiger partial charge in [-0.2, -0.15) is 0 Å². The molecule has 2 fully saturated rings. The van der Waals surface area contributed by atoms with Gasteiger partial charge in [0.1, 0.15) is 17.6 Å². The second-order valence-corrected chi connectivity index (χ2v) is 7.25. The lowest BCUT2D eigenvalue weighted by molar-refractivity contribution is -0.141.